The molecule has 21 heavy (non-hydrogen) atoms. The molecule has 0 rings (SSSR count). The normalized spacial score (nSPS) is 12.5. The molecule has 0 fully saturated rings. The maximum atomic E-state index is 10.9. The molecule has 7 nitrogen and oxygen atoms in total. The number of carbonyl (C=O) groups is 1. The molecule has 0 aromatic rings. The van der Waals surface area contributed by atoms with E-state index in [4.69, 9.17) is 24.7 Å². The quantitative estimate of drug-likeness (QED) is 0.388. The van der Waals surface area contributed by atoms with Crippen LogP contribution >= 0.6 is 0 Å². The van der Waals surface area contributed by atoms with Gasteiger partial charge in [0, 0.05) is 6.61 Å². The fourth-order valence-electron chi connectivity index (χ4n) is 1.42. The molecule has 1 amide bonds. The molecule has 0 saturated carbocycles. The maximum Gasteiger partial charge on any atom is 0.236 e. The van der Waals surface area contributed by atoms with Gasteiger partial charge in [0.15, 0.2) is 0 Å². The SMILES string of the molecule is CCCCOCCOCCOCCOCC(NC)C(N)=O. The van der Waals surface area contributed by atoms with Crippen LogP contribution in [-0.4, -0.2) is 71.9 Å². The molecule has 0 aromatic heterocycles. The summed E-state index contributed by atoms with van der Waals surface area (Å²) in [6.45, 7) is 6.34. The van der Waals surface area contributed by atoms with Gasteiger partial charge in [0.1, 0.15) is 6.04 Å². The molecule has 1 atom stereocenters. The highest BCUT2D eigenvalue weighted by molar-refractivity contribution is 5.79. The van der Waals surface area contributed by atoms with Crippen LogP contribution < -0.4 is 11.1 Å². The number of rotatable bonds is 16. The van der Waals surface area contributed by atoms with Crippen LogP contribution in [-0.2, 0) is 23.7 Å². The summed E-state index contributed by atoms with van der Waals surface area (Å²) in [6.07, 6.45) is 2.23. The number of hydrogen-bond donors (Lipinski definition) is 2. The summed E-state index contributed by atoms with van der Waals surface area (Å²) in [5.74, 6) is -0.423. The van der Waals surface area contributed by atoms with Crippen molar-refractivity contribution in [3.8, 4) is 0 Å². The zero-order valence-electron chi connectivity index (χ0n) is 13.3. The second-order valence-electron chi connectivity index (χ2n) is 4.51. The van der Waals surface area contributed by atoms with E-state index in [-0.39, 0.29) is 6.61 Å². The van der Waals surface area contributed by atoms with Crippen molar-refractivity contribution in [2.45, 2.75) is 25.8 Å². The fourth-order valence-corrected chi connectivity index (χ4v) is 1.42. The lowest BCUT2D eigenvalue weighted by atomic mass is 10.3. The number of likely N-dealkylation sites (N-methyl/N-ethyl adjacent to an activating group) is 1. The molecule has 0 aliphatic rings. The van der Waals surface area contributed by atoms with Crippen molar-refractivity contribution in [3.05, 3.63) is 0 Å². The minimum Gasteiger partial charge on any atom is -0.379 e. The average Bonchev–Trinajstić information content (AvgIpc) is 2.47. The fraction of sp³-hybridized carbons (Fsp3) is 0.929. The second-order valence-corrected chi connectivity index (χ2v) is 4.51. The number of amides is 1. The van der Waals surface area contributed by atoms with Crippen LogP contribution in [0.2, 0.25) is 0 Å². The number of carbonyl (C=O) groups excluding carboxylic acids is 1. The first-order chi connectivity index (χ1) is 10.2. The number of nitrogens with two attached hydrogens (primary N) is 1. The summed E-state index contributed by atoms with van der Waals surface area (Å²) < 4.78 is 21.3. The van der Waals surface area contributed by atoms with E-state index in [1.54, 1.807) is 7.05 Å². The molecule has 0 bridgehead atoms. The first-order valence-corrected chi connectivity index (χ1v) is 7.49. The predicted octanol–water partition coefficient (Wildman–Crippen LogP) is -0.0738. The third kappa shape index (κ3) is 14.0. The van der Waals surface area contributed by atoms with Gasteiger partial charge >= 0.3 is 0 Å². The predicted molar refractivity (Wildman–Crippen MR) is 80.2 cm³/mol. The maximum absolute atomic E-state index is 10.9. The van der Waals surface area contributed by atoms with E-state index >= 15 is 0 Å². The standard InChI is InChI=1S/C14H30N2O5/c1-3-4-5-18-6-7-19-8-9-20-10-11-21-12-13(16-2)14(15)17/h13,16H,3-12H2,1-2H3,(H2,15,17). The molecule has 0 heterocycles. The van der Waals surface area contributed by atoms with Crippen molar-refractivity contribution in [3.63, 3.8) is 0 Å². The second kappa shape index (κ2) is 15.7. The van der Waals surface area contributed by atoms with E-state index in [1.807, 2.05) is 0 Å². The Balaban J connectivity index is 3.14. The van der Waals surface area contributed by atoms with Crippen LogP contribution in [0.15, 0.2) is 0 Å². The van der Waals surface area contributed by atoms with E-state index in [1.165, 1.54) is 0 Å². The van der Waals surface area contributed by atoms with Crippen LogP contribution in [0.3, 0.4) is 0 Å². The van der Waals surface area contributed by atoms with Crippen LogP contribution in [0.4, 0.5) is 0 Å². The summed E-state index contributed by atoms with van der Waals surface area (Å²) in [4.78, 5) is 10.9. The summed E-state index contributed by atoms with van der Waals surface area (Å²) in [5.41, 5.74) is 5.15. The summed E-state index contributed by atoms with van der Waals surface area (Å²) >= 11 is 0. The number of unbranched alkanes of at least 4 members (excludes halogenated alkanes) is 1. The minimum atomic E-state index is -0.457. The van der Waals surface area contributed by atoms with E-state index in [0.717, 1.165) is 19.4 Å². The Bertz CT molecular complexity index is 241. The Morgan fingerprint density at radius 2 is 1.43 bits per heavy atom. The summed E-state index contributed by atoms with van der Waals surface area (Å²) in [6, 6.07) is -0.457. The van der Waals surface area contributed by atoms with Crippen LogP contribution in [0.5, 0.6) is 0 Å². The number of ether oxygens (including phenoxy) is 4. The lowest BCUT2D eigenvalue weighted by molar-refractivity contribution is -0.121. The summed E-state index contributed by atoms with van der Waals surface area (Å²) in [5, 5.41) is 2.77. The van der Waals surface area contributed by atoms with Gasteiger partial charge in [-0.2, -0.15) is 0 Å². The third-order valence-corrected chi connectivity index (χ3v) is 2.73. The zero-order valence-corrected chi connectivity index (χ0v) is 13.3. The van der Waals surface area contributed by atoms with E-state index in [2.05, 4.69) is 12.2 Å². The Labute approximate surface area is 127 Å². The van der Waals surface area contributed by atoms with Crippen molar-refractivity contribution >= 4 is 5.91 Å². The minimum absolute atomic E-state index is 0.251. The van der Waals surface area contributed by atoms with Crippen molar-refractivity contribution in [1.82, 2.24) is 5.32 Å². The molecular weight excluding hydrogens is 276 g/mol. The average molecular weight is 306 g/mol. The monoisotopic (exact) mass is 306 g/mol. The molecule has 0 aliphatic carbocycles. The lowest BCUT2D eigenvalue weighted by Crippen LogP contribution is -2.42. The molecule has 0 aliphatic heterocycles. The Kier molecular flexibility index (Phi) is 15.1. The molecule has 7 heteroatoms. The van der Waals surface area contributed by atoms with E-state index < -0.39 is 11.9 Å². The lowest BCUT2D eigenvalue weighted by Gasteiger charge is -2.12. The molecule has 3 N–H and O–H groups in total. The van der Waals surface area contributed by atoms with Gasteiger partial charge in [0.05, 0.1) is 46.2 Å². The molecule has 0 saturated heterocycles. The molecule has 126 valence electrons. The number of nitrogens with one attached hydrogen (secondary N) is 1. The Hall–Kier alpha value is -0.730. The van der Waals surface area contributed by atoms with Gasteiger partial charge in [-0.3, -0.25) is 4.79 Å². The van der Waals surface area contributed by atoms with Gasteiger partial charge in [-0.25, -0.2) is 0 Å². The third-order valence-electron chi connectivity index (χ3n) is 2.73. The van der Waals surface area contributed by atoms with E-state index in [0.29, 0.717) is 39.6 Å². The van der Waals surface area contributed by atoms with Gasteiger partial charge in [-0.15, -0.1) is 0 Å². The number of hydrogen-bond acceptors (Lipinski definition) is 6. The van der Waals surface area contributed by atoms with Crippen LogP contribution in [0.25, 0.3) is 0 Å². The van der Waals surface area contributed by atoms with Gasteiger partial charge in [-0.1, -0.05) is 13.3 Å². The van der Waals surface area contributed by atoms with Gasteiger partial charge in [-0.05, 0) is 13.5 Å². The van der Waals surface area contributed by atoms with E-state index in [9.17, 15) is 4.79 Å². The van der Waals surface area contributed by atoms with Crippen molar-refractivity contribution in [1.29, 1.82) is 0 Å². The topological polar surface area (TPSA) is 92.0 Å². The molecule has 0 spiro atoms. The van der Waals surface area contributed by atoms with Gasteiger partial charge < -0.3 is 30.0 Å². The summed E-state index contributed by atoms with van der Waals surface area (Å²) in [7, 11) is 1.67. The van der Waals surface area contributed by atoms with Crippen molar-refractivity contribution in [2.75, 3.05) is 59.9 Å². The van der Waals surface area contributed by atoms with Crippen molar-refractivity contribution in [2.24, 2.45) is 5.73 Å². The highest BCUT2D eigenvalue weighted by atomic mass is 16.6. The van der Waals surface area contributed by atoms with Gasteiger partial charge in [0.25, 0.3) is 0 Å². The molecule has 0 aromatic carbocycles. The van der Waals surface area contributed by atoms with Crippen LogP contribution in [0, 0.1) is 0 Å². The van der Waals surface area contributed by atoms with Gasteiger partial charge in [0.2, 0.25) is 5.91 Å². The zero-order chi connectivity index (χ0) is 15.8. The van der Waals surface area contributed by atoms with Crippen LogP contribution in [0.1, 0.15) is 19.8 Å². The Morgan fingerprint density at radius 3 is 1.86 bits per heavy atom. The van der Waals surface area contributed by atoms with Crippen molar-refractivity contribution < 1.29 is 23.7 Å². The molecule has 0 radical (unpaired) electrons. The first kappa shape index (κ1) is 20.3. The molecule has 1 unspecified atom stereocenters. The molecular formula is C14H30N2O5. The number of primary amides is 1. The highest BCUT2D eigenvalue weighted by Crippen LogP contribution is 1.88. The first-order valence-electron chi connectivity index (χ1n) is 7.49. The largest absolute Gasteiger partial charge is 0.379 e. The smallest absolute Gasteiger partial charge is 0.236 e. The Morgan fingerprint density at radius 1 is 0.952 bits per heavy atom. The highest BCUT2D eigenvalue weighted by Gasteiger charge is 2.11.